The van der Waals surface area contributed by atoms with E-state index in [1.807, 2.05) is 30.3 Å². The van der Waals surface area contributed by atoms with Crippen LogP contribution >= 0.6 is 11.6 Å². The molecule has 0 aliphatic carbocycles. The first kappa shape index (κ1) is 25.8. The third-order valence-electron chi connectivity index (χ3n) is 7.45. The maximum atomic E-state index is 13.1. The summed E-state index contributed by atoms with van der Waals surface area (Å²) < 4.78 is 18.4. The molecule has 188 valence electrons. The highest BCUT2D eigenvalue weighted by molar-refractivity contribution is 6.32. The second-order valence-corrected chi connectivity index (χ2v) is 10.1. The van der Waals surface area contributed by atoms with Gasteiger partial charge in [-0.25, -0.2) is 4.39 Å². The van der Waals surface area contributed by atoms with Crippen molar-refractivity contribution in [3.8, 4) is 5.75 Å². The third kappa shape index (κ3) is 6.31. The Morgan fingerprint density at radius 1 is 1.17 bits per heavy atom. The van der Waals surface area contributed by atoms with Gasteiger partial charge in [0, 0.05) is 23.8 Å². The van der Waals surface area contributed by atoms with Crippen molar-refractivity contribution >= 4 is 22.5 Å². The summed E-state index contributed by atoms with van der Waals surface area (Å²) in [4.78, 5) is 6.81. The number of aliphatic hydroxyl groups is 2. The van der Waals surface area contributed by atoms with E-state index in [1.54, 1.807) is 13.3 Å². The average molecular weight is 501 g/mol. The summed E-state index contributed by atoms with van der Waals surface area (Å²) in [5.74, 6) is 0.489. The van der Waals surface area contributed by atoms with E-state index in [9.17, 15) is 14.6 Å². The lowest BCUT2D eigenvalue weighted by Crippen LogP contribution is -2.42. The van der Waals surface area contributed by atoms with Crippen LogP contribution in [0.4, 0.5) is 4.39 Å². The lowest BCUT2D eigenvalue weighted by molar-refractivity contribution is 0.0234. The van der Waals surface area contributed by atoms with Gasteiger partial charge in [0.05, 0.1) is 23.8 Å². The molecular weight excluding hydrogens is 467 g/mol. The average Bonchev–Trinajstić information content (AvgIpc) is 2.89. The predicted octanol–water partition coefficient (Wildman–Crippen LogP) is 5.56. The molecule has 1 fully saturated rings. The molecule has 1 aromatic heterocycles. The highest BCUT2D eigenvalue weighted by atomic mass is 35.5. The van der Waals surface area contributed by atoms with Gasteiger partial charge in [-0.1, -0.05) is 23.7 Å². The first-order chi connectivity index (χ1) is 16.9. The van der Waals surface area contributed by atoms with Gasteiger partial charge in [0.25, 0.3) is 0 Å². The maximum Gasteiger partial charge on any atom is 0.123 e. The standard InChI is InChI=1S/C28H34ClFN2O3/c1-35-22-8-9-25-23(17-22)27(24(29)18-31-25)26(34)10-11-28(19-33)12-15-32(16-13-28)14-2-3-20-4-6-21(30)7-5-20/h4-9,17-18,26,33-34H,2-3,10-16,19H2,1H3. The number of pyridine rings is 1. The molecule has 0 bridgehead atoms. The number of benzene rings is 2. The first-order valence-corrected chi connectivity index (χ1v) is 12.7. The molecule has 2 heterocycles. The largest absolute Gasteiger partial charge is 0.497 e. The molecule has 35 heavy (non-hydrogen) atoms. The van der Waals surface area contributed by atoms with Crippen molar-refractivity contribution in [1.29, 1.82) is 0 Å². The molecular formula is C28H34ClFN2O3. The van der Waals surface area contributed by atoms with Crippen LogP contribution in [0.2, 0.25) is 5.02 Å². The van der Waals surface area contributed by atoms with Gasteiger partial charge in [0.2, 0.25) is 0 Å². The number of fused-ring (bicyclic) bond motifs is 1. The Kier molecular flexibility index (Phi) is 8.60. The molecule has 2 N–H and O–H groups in total. The number of methoxy groups -OCH3 is 1. The number of aromatic nitrogens is 1. The van der Waals surface area contributed by atoms with E-state index >= 15 is 0 Å². The summed E-state index contributed by atoms with van der Waals surface area (Å²) in [5.41, 5.74) is 2.39. The molecule has 1 aliphatic rings. The smallest absolute Gasteiger partial charge is 0.123 e. The van der Waals surface area contributed by atoms with Gasteiger partial charge < -0.3 is 19.8 Å². The van der Waals surface area contributed by atoms with E-state index in [2.05, 4.69) is 9.88 Å². The van der Waals surface area contributed by atoms with E-state index in [0.29, 0.717) is 22.8 Å². The van der Waals surface area contributed by atoms with Crippen molar-refractivity contribution < 1.29 is 19.3 Å². The fraction of sp³-hybridized carbons (Fsp3) is 0.464. The number of halogens is 2. The van der Waals surface area contributed by atoms with Crippen molar-refractivity contribution in [3.05, 3.63) is 70.6 Å². The van der Waals surface area contributed by atoms with Gasteiger partial charge >= 0.3 is 0 Å². The topological polar surface area (TPSA) is 65.8 Å². The van der Waals surface area contributed by atoms with Crippen LogP contribution in [0.1, 0.15) is 49.3 Å². The zero-order valence-electron chi connectivity index (χ0n) is 20.2. The van der Waals surface area contributed by atoms with E-state index in [4.69, 9.17) is 16.3 Å². The molecule has 0 radical (unpaired) electrons. The van der Waals surface area contributed by atoms with Crippen LogP contribution in [0.5, 0.6) is 5.75 Å². The number of hydrogen-bond acceptors (Lipinski definition) is 5. The van der Waals surface area contributed by atoms with Gasteiger partial charge in [-0.05, 0) is 99.5 Å². The third-order valence-corrected chi connectivity index (χ3v) is 7.76. The highest BCUT2D eigenvalue weighted by Gasteiger charge is 2.34. The SMILES string of the molecule is COc1ccc2ncc(Cl)c(C(O)CCC3(CO)CCN(CCCc4ccc(F)cc4)CC3)c2c1. The molecule has 4 rings (SSSR count). The van der Waals surface area contributed by atoms with Crippen LogP contribution in [0.15, 0.2) is 48.7 Å². The van der Waals surface area contributed by atoms with Crippen molar-refractivity contribution in [1.82, 2.24) is 9.88 Å². The molecule has 0 spiro atoms. The second-order valence-electron chi connectivity index (χ2n) is 9.69. The van der Waals surface area contributed by atoms with E-state index in [-0.39, 0.29) is 17.8 Å². The molecule has 1 saturated heterocycles. The van der Waals surface area contributed by atoms with Crippen molar-refractivity contribution in [2.24, 2.45) is 5.41 Å². The second kappa shape index (κ2) is 11.7. The van der Waals surface area contributed by atoms with Crippen LogP contribution < -0.4 is 4.74 Å². The summed E-state index contributed by atoms with van der Waals surface area (Å²) in [6.07, 6.45) is 5.81. The Morgan fingerprint density at radius 2 is 1.91 bits per heavy atom. The summed E-state index contributed by atoms with van der Waals surface area (Å²) >= 11 is 6.47. The van der Waals surface area contributed by atoms with Gasteiger partial charge in [-0.15, -0.1) is 0 Å². The number of ether oxygens (including phenoxy) is 1. The molecule has 5 nitrogen and oxygen atoms in total. The lowest BCUT2D eigenvalue weighted by atomic mass is 9.74. The zero-order valence-corrected chi connectivity index (χ0v) is 21.0. The number of likely N-dealkylation sites (tertiary alicyclic amines) is 1. The van der Waals surface area contributed by atoms with Crippen LogP contribution in [0.3, 0.4) is 0 Å². The highest BCUT2D eigenvalue weighted by Crippen LogP contribution is 2.40. The Morgan fingerprint density at radius 3 is 2.60 bits per heavy atom. The monoisotopic (exact) mass is 500 g/mol. The number of rotatable bonds is 10. The fourth-order valence-corrected chi connectivity index (χ4v) is 5.39. The molecule has 1 unspecified atom stereocenters. The van der Waals surface area contributed by atoms with Gasteiger partial charge in [-0.2, -0.15) is 0 Å². The van der Waals surface area contributed by atoms with Crippen molar-refractivity contribution in [2.75, 3.05) is 33.4 Å². The Hall–Kier alpha value is -2.25. The number of hydrogen-bond donors (Lipinski definition) is 2. The Labute approximate surface area is 211 Å². The van der Waals surface area contributed by atoms with Crippen molar-refractivity contribution in [3.63, 3.8) is 0 Å². The van der Waals surface area contributed by atoms with E-state index < -0.39 is 6.10 Å². The quantitative estimate of drug-likeness (QED) is 0.381. The summed E-state index contributed by atoms with van der Waals surface area (Å²) in [6, 6.07) is 12.3. The first-order valence-electron chi connectivity index (χ1n) is 12.3. The van der Waals surface area contributed by atoms with Crippen LogP contribution in [-0.2, 0) is 6.42 Å². The normalized spacial score (nSPS) is 16.9. The Bertz CT molecular complexity index is 1120. The molecule has 0 amide bonds. The molecule has 1 atom stereocenters. The molecule has 3 aromatic rings. The Balaban J connectivity index is 1.33. The summed E-state index contributed by atoms with van der Waals surface area (Å²) in [7, 11) is 1.61. The minimum Gasteiger partial charge on any atom is -0.497 e. The number of aryl methyl sites for hydroxylation is 1. The van der Waals surface area contributed by atoms with Crippen LogP contribution in [-0.4, -0.2) is 53.4 Å². The molecule has 0 saturated carbocycles. The van der Waals surface area contributed by atoms with Gasteiger partial charge in [0.1, 0.15) is 11.6 Å². The number of piperidine rings is 1. The maximum absolute atomic E-state index is 13.1. The predicted molar refractivity (Wildman–Crippen MR) is 137 cm³/mol. The van der Waals surface area contributed by atoms with Gasteiger partial charge in [0.15, 0.2) is 0 Å². The van der Waals surface area contributed by atoms with E-state index in [0.717, 1.165) is 68.2 Å². The lowest BCUT2D eigenvalue weighted by Gasteiger charge is -2.41. The van der Waals surface area contributed by atoms with Crippen LogP contribution in [0.25, 0.3) is 10.9 Å². The molecule has 7 heteroatoms. The van der Waals surface area contributed by atoms with Crippen LogP contribution in [0, 0.1) is 11.2 Å². The van der Waals surface area contributed by atoms with Crippen molar-refractivity contribution in [2.45, 2.75) is 44.6 Å². The summed E-state index contributed by atoms with van der Waals surface area (Å²) in [6.45, 7) is 2.95. The number of aliphatic hydroxyl groups excluding tert-OH is 2. The minimum absolute atomic E-state index is 0.113. The summed E-state index contributed by atoms with van der Waals surface area (Å²) in [5, 5.41) is 22.6. The number of nitrogens with zero attached hydrogens (tertiary/aromatic N) is 2. The minimum atomic E-state index is -0.753. The fourth-order valence-electron chi connectivity index (χ4n) is 5.12. The van der Waals surface area contributed by atoms with E-state index in [1.165, 1.54) is 12.1 Å². The molecule has 1 aliphatic heterocycles. The zero-order chi connectivity index (χ0) is 24.8. The molecule has 2 aromatic carbocycles. The van der Waals surface area contributed by atoms with Gasteiger partial charge in [-0.3, -0.25) is 4.98 Å².